The number of methoxy groups -OCH3 is 1. The number of hydrazine groups is 1. The molecule has 8 heteroatoms. The molecule has 1 aromatic rings. The minimum Gasteiger partial charge on any atom is -0.383 e. The summed E-state index contributed by atoms with van der Waals surface area (Å²) in [7, 11) is 1.60. The van der Waals surface area contributed by atoms with E-state index in [0.717, 1.165) is 0 Å². The fourth-order valence-corrected chi connectivity index (χ4v) is 1.92. The molecule has 0 radical (unpaired) electrons. The smallest absolute Gasteiger partial charge is 0.269 e. The molecule has 0 heterocycles. The standard InChI is InChI=1S/C12H15Cl2N3O2S/c1-7(6-19-2)15-12(20)17-16-11(18)8-3-4-9(13)10(14)5-8/h3-5,7H,6H2,1-2H3,(H,16,18)(H2,15,17,20)/t7-/m0/s1. The molecule has 1 amide bonds. The van der Waals surface area contributed by atoms with Gasteiger partial charge < -0.3 is 10.1 Å². The normalized spacial score (nSPS) is 11.6. The fourth-order valence-electron chi connectivity index (χ4n) is 1.37. The van der Waals surface area contributed by atoms with Crippen LogP contribution in [0.15, 0.2) is 18.2 Å². The lowest BCUT2D eigenvalue weighted by Crippen LogP contribution is -2.49. The molecule has 1 atom stereocenters. The van der Waals surface area contributed by atoms with Crippen LogP contribution >= 0.6 is 35.4 Å². The zero-order valence-electron chi connectivity index (χ0n) is 11.0. The minimum atomic E-state index is -0.368. The Morgan fingerprint density at radius 1 is 1.35 bits per heavy atom. The number of carbonyl (C=O) groups excluding carboxylic acids is 1. The Hall–Kier alpha value is -1.08. The summed E-state index contributed by atoms with van der Waals surface area (Å²) in [4.78, 5) is 11.8. The summed E-state index contributed by atoms with van der Waals surface area (Å²) in [5.41, 5.74) is 5.43. The predicted molar refractivity (Wildman–Crippen MR) is 84.1 cm³/mol. The third kappa shape index (κ3) is 5.50. The van der Waals surface area contributed by atoms with Crippen molar-refractivity contribution in [2.75, 3.05) is 13.7 Å². The molecule has 1 aromatic carbocycles. The van der Waals surface area contributed by atoms with E-state index in [1.807, 2.05) is 6.92 Å². The topological polar surface area (TPSA) is 62.4 Å². The van der Waals surface area contributed by atoms with Crippen molar-refractivity contribution >= 4 is 46.4 Å². The second kappa shape index (κ2) is 8.26. The van der Waals surface area contributed by atoms with E-state index in [0.29, 0.717) is 27.3 Å². The maximum atomic E-state index is 11.8. The van der Waals surface area contributed by atoms with Gasteiger partial charge in [-0.25, -0.2) is 0 Å². The van der Waals surface area contributed by atoms with E-state index in [-0.39, 0.29) is 11.9 Å². The van der Waals surface area contributed by atoms with Gasteiger partial charge >= 0.3 is 0 Å². The molecule has 0 unspecified atom stereocenters. The molecule has 0 aliphatic rings. The summed E-state index contributed by atoms with van der Waals surface area (Å²) in [6.07, 6.45) is 0. The molecule has 5 nitrogen and oxygen atoms in total. The van der Waals surface area contributed by atoms with Gasteiger partial charge in [-0.2, -0.15) is 0 Å². The number of nitrogens with one attached hydrogen (secondary N) is 3. The fraction of sp³-hybridized carbons (Fsp3) is 0.333. The Morgan fingerprint density at radius 3 is 2.65 bits per heavy atom. The quantitative estimate of drug-likeness (QED) is 0.581. The molecular formula is C12H15Cl2N3O2S. The summed E-state index contributed by atoms with van der Waals surface area (Å²) in [5, 5.41) is 3.94. The van der Waals surface area contributed by atoms with Gasteiger partial charge in [0.2, 0.25) is 0 Å². The molecule has 1 rings (SSSR count). The summed E-state index contributed by atoms with van der Waals surface area (Å²) in [6, 6.07) is 4.62. The maximum absolute atomic E-state index is 11.8. The number of carbonyl (C=O) groups is 1. The lowest BCUT2D eigenvalue weighted by Gasteiger charge is -2.16. The summed E-state index contributed by atoms with van der Waals surface area (Å²) < 4.78 is 4.96. The van der Waals surface area contributed by atoms with Gasteiger partial charge in [0, 0.05) is 18.7 Å². The number of benzene rings is 1. The number of rotatable bonds is 4. The maximum Gasteiger partial charge on any atom is 0.269 e. The number of halogens is 2. The zero-order chi connectivity index (χ0) is 15.1. The molecule has 110 valence electrons. The lowest BCUT2D eigenvalue weighted by atomic mass is 10.2. The Balaban J connectivity index is 2.46. The van der Waals surface area contributed by atoms with Crippen LogP contribution in [-0.4, -0.2) is 30.8 Å². The van der Waals surface area contributed by atoms with Crippen LogP contribution in [0.25, 0.3) is 0 Å². The molecule has 0 aliphatic heterocycles. The SMILES string of the molecule is COC[C@H](C)NC(=S)NNC(=O)c1ccc(Cl)c(Cl)c1. The third-order valence-corrected chi connectivity index (χ3v) is 3.22. The van der Waals surface area contributed by atoms with Gasteiger partial charge in [0.1, 0.15) is 0 Å². The molecule has 0 fully saturated rings. The largest absolute Gasteiger partial charge is 0.383 e. The van der Waals surface area contributed by atoms with Crippen molar-refractivity contribution in [3.05, 3.63) is 33.8 Å². The van der Waals surface area contributed by atoms with E-state index in [4.69, 9.17) is 40.2 Å². The molecule has 0 saturated carbocycles. The Kier molecular flexibility index (Phi) is 7.01. The first-order chi connectivity index (χ1) is 9.43. The highest BCUT2D eigenvalue weighted by Crippen LogP contribution is 2.22. The lowest BCUT2D eigenvalue weighted by molar-refractivity contribution is 0.0943. The second-order valence-electron chi connectivity index (χ2n) is 4.04. The highest BCUT2D eigenvalue weighted by atomic mass is 35.5. The zero-order valence-corrected chi connectivity index (χ0v) is 13.3. The van der Waals surface area contributed by atoms with Crippen molar-refractivity contribution in [2.45, 2.75) is 13.0 Å². The monoisotopic (exact) mass is 335 g/mol. The highest BCUT2D eigenvalue weighted by Gasteiger charge is 2.09. The number of amides is 1. The Morgan fingerprint density at radius 2 is 2.05 bits per heavy atom. The van der Waals surface area contributed by atoms with Crippen LogP contribution in [0.5, 0.6) is 0 Å². The van der Waals surface area contributed by atoms with Crippen molar-refractivity contribution in [1.82, 2.24) is 16.2 Å². The first-order valence-electron chi connectivity index (χ1n) is 5.75. The Bertz CT molecular complexity index is 500. The Labute approximate surface area is 132 Å². The van der Waals surface area contributed by atoms with Crippen LogP contribution in [-0.2, 0) is 4.74 Å². The predicted octanol–water partition coefficient (Wildman–Crippen LogP) is 2.14. The molecule has 0 saturated heterocycles. The van der Waals surface area contributed by atoms with Gasteiger partial charge in [0.25, 0.3) is 5.91 Å². The van der Waals surface area contributed by atoms with Crippen LogP contribution in [0.4, 0.5) is 0 Å². The first-order valence-corrected chi connectivity index (χ1v) is 6.91. The van der Waals surface area contributed by atoms with Crippen LogP contribution < -0.4 is 16.2 Å². The van der Waals surface area contributed by atoms with Crippen molar-refractivity contribution in [3.8, 4) is 0 Å². The van der Waals surface area contributed by atoms with Crippen molar-refractivity contribution < 1.29 is 9.53 Å². The highest BCUT2D eigenvalue weighted by molar-refractivity contribution is 7.80. The molecule has 0 aliphatic carbocycles. The summed E-state index contributed by atoms with van der Waals surface area (Å²) in [6.45, 7) is 2.40. The average Bonchev–Trinajstić information content (AvgIpc) is 2.39. The van der Waals surface area contributed by atoms with Crippen LogP contribution in [0.1, 0.15) is 17.3 Å². The molecule has 20 heavy (non-hydrogen) atoms. The van der Waals surface area contributed by atoms with E-state index in [1.165, 1.54) is 6.07 Å². The van der Waals surface area contributed by atoms with Crippen LogP contribution in [0, 0.1) is 0 Å². The first kappa shape index (κ1) is 17.0. The van der Waals surface area contributed by atoms with E-state index in [1.54, 1.807) is 19.2 Å². The number of hydrogen-bond acceptors (Lipinski definition) is 3. The van der Waals surface area contributed by atoms with Crippen molar-refractivity contribution in [3.63, 3.8) is 0 Å². The van der Waals surface area contributed by atoms with E-state index in [9.17, 15) is 4.79 Å². The molecule has 3 N–H and O–H groups in total. The van der Waals surface area contributed by atoms with Crippen molar-refractivity contribution in [2.24, 2.45) is 0 Å². The van der Waals surface area contributed by atoms with E-state index >= 15 is 0 Å². The van der Waals surface area contributed by atoms with E-state index in [2.05, 4.69) is 16.2 Å². The second-order valence-corrected chi connectivity index (χ2v) is 5.26. The number of ether oxygens (including phenoxy) is 1. The van der Waals surface area contributed by atoms with Crippen LogP contribution in [0.2, 0.25) is 10.0 Å². The van der Waals surface area contributed by atoms with Gasteiger partial charge in [-0.3, -0.25) is 15.6 Å². The third-order valence-electron chi connectivity index (χ3n) is 2.27. The summed E-state index contributed by atoms with van der Waals surface area (Å²) >= 11 is 16.6. The number of hydrogen-bond donors (Lipinski definition) is 3. The molecule has 0 aromatic heterocycles. The molecular weight excluding hydrogens is 321 g/mol. The van der Waals surface area contributed by atoms with Gasteiger partial charge in [-0.05, 0) is 37.3 Å². The van der Waals surface area contributed by atoms with Gasteiger partial charge in [0.15, 0.2) is 5.11 Å². The van der Waals surface area contributed by atoms with Gasteiger partial charge in [-0.15, -0.1) is 0 Å². The average molecular weight is 336 g/mol. The number of thiocarbonyl (C=S) groups is 1. The van der Waals surface area contributed by atoms with Gasteiger partial charge in [0.05, 0.1) is 16.7 Å². The van der Waals surface area contributed by atoms with E-state index < -0.39 is 0 Å². The van der Waals surface area contributed by atoms with Gasteiger partial charge in [-0.1, -0.05) is 23.2 Å². The van der Waals surface area contributed by atoms with Crippen molar-refractivity contribution in [1.29, 1.82) is 0 Å². The summed E-state index contributed by atoms with van der Waals surface area (Å²) in [5.74, 6) is -0.368. The van der Waals surface area contributed by atoms with Crippen LogP contribution in [0.3, 0.4) is 0 Å². The minimum absolute atomic E-state index is 0.0295. The molecule has 0 spiro atoms. The molecule has 0 bridgehead atoms.